The van der Waals surface area contributed by atoms with Crippen LogP contribution in [0.5, 0.6) is 0 Å². The van der Waals surface area contributed by atoms with Crippen LogP contribution in [0.3, 0.4) is 0 Å². The van der Waals surface area contributed by atoms with Gasteiger partial charge in [0, 0.05) is 11.1 Å². The first-order chi connectivity index (χ1) is 21.3. The van der Waals surface area contributed by atoms with Crippen molar-refractivity contribution >= 4 is 17.6 Å². The summed E-state index contributed by atoms with van der Waals surface area (Å²) in [6.45, 7) is 0. The van der Waals surface area contributed by atoms with E-state index >= 15 is 0 Å². The summed E-state index contributed by atoms with van der Waals surface area (Å²) < 4.78 is 46.6. The highest BCUT2D eigenvalue weighted by atomic mass is 35.7. The molecule has 0 N–H and O–H groups in total. The Hall–Kier alpha value is -5.08. The first-order valence-corrected chi connectivity index (χ1v) is 14.9. The Morgan fingerprint density at radius 1 is 0.523 bits per heavy atom. The second kappa shape index (κ2) is 14.4. The number of hydrogen-bond acceptors (Lipinski definition) is 5. The third-order valence-corrected chi connectivity index (χ3v) is 6.44. The lowest BCUT2D eigenvalue weighted by molar-refractivity contribution is -2.00. The summed E-state index contributed by atoms with van der Waals surface area (Å²) in [7, 11) is -4.94. The van der Waals surface area contributed by atoms with Crippen molar-refractivity contribution in [3.05, 3.63) is 180 Å². The zero-order valence-electron chi connectivity index (χ0n) is 23.4. The average Bonchev–Trinajstić information content (AvgIpc) is 3.05. The Balaban J connectivity index is 0.000000712. The molecule has 0 atom stereocenters. The van der Waals surface area contributed by atoms with E-state index < -0.39 is 10.2 Å². The fourth-order valence-electron chi connectivity index (χ4n) is 4.49. The monoisotopic (exact) mass is 602 g/mol. The molecule has 6 nitrogen and oxygen atoms in total. The molecule has 6 rings (SSSR count). The summed E-state index contributed by atoms with van der Waals surface area (Å²) in [5.74, 6) is 3.31. The second-order valence-electron chi connectivity index (χ2n) is 9.61. The van der Waals surface area contributed by atoms with Crippen LogP contribution in [0.1, 0.15) is 16.7 Å². The predicted octanol–water partition coefficient (Wildman–Crippen LogP) is 5.19. The van der Waals surface area contributed by atoms with Crippen LogP contribution in [0.25, 0.3) is 40.2 Å². The highest BCUT2D eigenvalue weighted by Gasteiger charge is 2.19. The SMILES string of the molecule is C(/C=C/c1cc(-c2ccccc2)[o+]c(-c2ccccc2)c1)=C1C=C(c2ccccc2)OC(c2ccccc2)=C1.[O-][Cl+3]([O-])([O-])[O-]. The van der Waals surface area contributed by atoms with Gasteiger partial charge in [-0.3, -0.25) is 0 Å². The Bertz CT molecular complexity index is 1670. The Morgan fingerprint density at radius 3 is 1.27 bits per heavy atom. The van der Waals surface area contributed by atoms with E-state index in [1.807, 2.05) is 72.8 Å². The van der Waals surface area contributed by atoms with Crippen LogP contribution in [-0.4, -0.2) is 0 Å². The molecule has 1 aliphatic heterocycles. The standard InChI is InChI=1S/C37H27O2.ClHO4/c1-5-16-30(17-6-1)34-24-28(25-35(38-34)31-18-7-2-8-19-31)14-13-15-29-26-36(32-20-9-3-10-21-32)39-37(27-29)33-22-11-4-12-23-33;2-1(3,4)5/h1-27H;(H,2,3,4,5)/q+1;/p-1. The van der Waals surface area contributed by atoms with Crippen LogP contribution in [0.2, 0.25) is 0 Å². The van der Waals surface area contributed by atoms with Gasteiger partial charge in [-0.2, -0.15) is 0 Å². The smallest absolute Gasteiger partial charge is 0.361 e. The topological polar surface area (TPSA) is 113 Å². The summed E-state index contributed by atoms with van der Waals surface area (Å²) in [6, 6.07) is 45.0. The molecular weight excluding hydrogens is 576 g/mol. The zero-order valence-corrected chi connectivity index (χ0v) is 24.2. The molecule has 4 aromatic carbocycles. The molecule has 7 heteroatoms. The molecule has 5 aromatic rings. The van der Waals surface area contributed by atoms with E-state index in [-0.39, 0.29) is 0 Å². The minimum Gasteiger partial charge on any atom is -0.456 e. The number of allylic oxidation sites excluding steroid dienone is 5. The van der Waals surface area contributed by atoms with E-state index in [4.69, 9.17) is 27.8 Å². The number of halogens is 1. The molecule has 0 unspecified atom stereocenters. The van der Waals surface area contributed by atoms with Crippen LogP contribution >= 0.6 is 0 Å². The lowest BCUT2D eigenvalue weighted by Gasteiger charge is -2.18. The third kappa shape index (κ3) is 8.96. The number of ether oxygens (including phenoxy) is 1. The summed E-state index contributed by atoms with van der Waals surface area (Å²) in [4.78, 5) is 0. The zero-order chi connectivity index (χ0) is 30.8. The van der Waals surface area contributed by atoms with Crippen molar-refractivity contribution in [2.75, 3.05) is 0 Å². The fourth-order valence-corrected chi connectivity index (χ4v) is 4.49. The van der Waals surface area contributed by atoms with Crippen molar-refractivity contribution in [1.82, 2.24) is 0 Å². The van der Waals surface area contributed by atoms with Crippen molar-refractivity contribution in [3.8, 4) is 22.6 Å². The molecule has 0 spiro atoms. The van der Waals surface area contributed by atoms with Gasteiger partial charge in [-0.25, -0.2) is 23.1 Å². The number of benzene rings is 4. The van der Waals surface area contributed by atoms with Gasteiger partial charge in [0.2, 0.25) is 0 Å². The van der Waals surface area contributed by atoms with E-state index in [0.29, 0.717) is 0 Å². The van der Waals surface area contributed by atoms with Gasteiger partial charge in [0.15, 0.2) is 0 Å². The predicted molar refractivity (Wildman–Crippen MR) is 161 cm³/mol. The van der Waals surface area contributed by atoms with Crippen molar-refractivity contribution in [3.63, 3.8) is 0 Å². The molecule has 0 aliphatic carbocycles. The molecule has 218 valence electrons. The van der Waals surface area contributed by atoms with Crippen molar-refractivity contribution in [1.29, 1.82) is 0 Å². The van der Waals surface area contributed by atoms with Gasteiger partial charge in [0.25, 0.3) is 0 Å². The van der Waals surface area contributed by atoms with E-state index in [0.717, 1.165) is 56.4 Å². The van der Waals surface area contributed by atoms with Gasteiger partial charge in [-0.15, -0.1) is 10.2 Å². The Morgan fingerprint density at radius 2 is 0.886 bits per heavy atom. The van der Waals surface area contributed by atoms with Crippen LogP contribution in [0.15, 0.2) is 168 Å². The minimum absolute atomic E-state index is 0.827. The van der Waals surface area contributed by atoms with Gasteiger partial charge >= 0.3 is 11.5 Å². The van der Waals surface area contributed by atoms with E-state index in [1.165, 1.54) is 0 Å². The third-order valence-electron chi connectivity index (χ3n) is 6.44. The van der Waals surface area contributed by atoms with Gasteiger partial charge in [-0.05, 0) is 47.6 Å². The number of rotatable bonds is 6. The first-order valence-electron chi connectivity index (χ1n) is 13.6. The second-order valence-corrected chi connectivity index (χ2v) is 10.4. The lowest BCUT2D eigenvalue weighted by atomic mass is 10.0. The molecule has 2 heterocycles. The van der Waals surface area contributed by atoms with Crippen molar-refractivity contribution < 1.29 is 38.0 Å². The summed E-state index contributed by atoms with van der Waals surface area (Å²) >= 11 is 0. The molecule has 0 bridgehead atoms. The Kier molecular flexibility index (Phi) is 9.94. The average molecular weight is 603 g/mol. The molecule has 44 heavy (non-hydrogen) atoms. The molecular formula is C37H27ClO6. The summed E-state index contributed by atoms with van der Waals surface area (Å²) in [5, 5.41) is 0. The van der Waals surface area contributed by atoms with Crippen LogP contribution in [0.4, 0.5) is 0 Å². The van der Waals surface area contributed by atoms with Gasteiger partial charge < -0.3 is 4.74 Å². The minimum atomic E-state index is -4.94. The van der Waals surface area contributed by atoms with E-state index in [2.05, 4.69) is 91.0 Å². The van der Waals surface area contributed by atoms with Gasteiger partial charge in [0.05, 0.1) is 23.3 Å². The first kappa shape index (κ1) is 30.4. The highest BCUT2D eigenvalue weighted by Crippen LogP contribution is 2.32. The fraction of sp³-hybridized carbons (Fsp3) is 0. The Labute approximate surface area is 257 Å². The molecule has 0 saturated heterocycles. The molecule has 0 saturated carbocycles. The largest absolute Gasteiger partial charge is 0.456 e. The lowest BCUT2D eigenvalue weighted by Crippen LogP contribution is -2.68. The van der Waals surface area contributed by atoms with Gasteiger partial charge in [0.1, 0.15) is 11.5 Å². The van der Waals surface area contributed by atoms with Crippen molar-refractivity contribution in [2.45, 2.75) is 0 Å². The maximum atomic E-state index is 8.49. The molecule has 1 aliphatic rings. The summed E-state index contributed by atoms with van der Waals surface area (Å²) in [6.07, 6.45) is 10.5. The maximum Gasteiger partial charge on any atom is 0.361 e. The maximum absolute atomic E-state index is 8.49. The summed E-state index contributed by atoms with van der Waals surface area (Å²) in [5.41, 5.74) is 6.28. The van der Waals surface area contributed by atoms with Crippen molar-refractivity contribution in [2.24, 2.45) is 0 Å². The van der Waals surface area contributed by atoms with Gasteiger partial charge in [-0.1, -0.05) is 115 Å². The van der Waals surface area contributed by atoms with E-state index in [1.54, 1.807) is 0 Å². The van der Waals surface area contributed by atoms with E-state index in [9.17, 15) is 0 Å². The molecule has 1 aromatic heterocycles. The highest BCUT2D eigenvalue weighted by molar-refractivity contribution is 5.78. The quantitative estimate of drug-likeness (QED) is 0.247. The van der Waals surface area contributed by atoms with Crippen LogP contribution in [0, 0.1) is 10.2 Å². The molecule has 0 amide bonds. The molecule has 0 radical (unpaired) electrons. The van der Waals surface area contributed by atoms with Crippen LogP contribution < -0.4 is 18.6 Å². The normalized spacial score (nSPS) is 12.9. The number of hydrogen-bond donors (Lipinski definition) is 0. The molecule has 0 fully saturated rings. The van der Waals surface area contributed by atoms with Crippen LogP contribution in [-0.2, 0) is 4.74 Å².